The van der Waals surface area contributed by atoms with E-state index in [1.165, 1.54) is 11.1 Å². The third-order valence-corrected chi connectivity index (χ3v) is 5.05. The molecule has 0 aliphatic heterocycles. The van der Waals surface area contributed by atoms with Crippen LogP contribution in [0.5, 0.6) is 0 Å². The number of aryl methyl sites for hydroxylation is 1. The molecule has 0 atom stereocenters. The van der Waals surface area contributed by atoms with Crippen molar-refractivity contribution >= 4 is 13.2 Å². The van der Waals surface area contributed by atoms with E-state index in [-0.39, 0.29) is 0 Å². The Morgan fingerprint density at radius 1 is 1.16 bits per heavy atom. The highest BCUT2D eigenvalue weighted by Gasteiger charge is 2.23. The van der Waals surface area contributed by atoms with Gasteiger partial charge < -0.3 is 9.05 Å². The zero-order chi connectivity index (χ0) is 13.7. The van der Waals surface area contributed by atoms with E-state index in [9.17, 15) is 4.57 Å². The van der Waals surface area contributed by atoms with Gasteiger partial charge in [0.1, 0.15) is 0 Å². The molecule has 104 valence electrons. The maximum Gasteiger partial charge on any atom is 0.354 e. The molecule has 3 nitrogen and oxygen atoms in total. The van der Waals surface area contributed by atoms with E-state index in [4.69, 9.17) is 9.05 Å². The molecular formula is C15H21O3P. The van der Waals surface area contributed by atoms with Gasteiger partial charge >= 0.3 is 7.60 Å². The van der Waals surface area contributed by atoms with Crippen LogP contribution in [0.1, 0.15) is 37.8 Å². The largest absolute Gasteiger partial charge is 0.354 e. The first-order valence-electron chi connectivity index (χ1n) is 6.87. The van der Waals surface area contributed by atoms with Gasteiger partial charge in [0.05, 0.1) is 13.2 Å². The van der Waals surface area contributed by atoms with Gasteiger partial charge in [-0.1, -0.05) is 24.3 Å². The minimum absolute atomic E-state index is 0.392. The lowest BCUT2D eigenvalue weighted by Gasteiger charge is -2.21. The van der Waals surface area contributed by atoms with Crippen LogP contribution in [0.3, 0.4) is 0 Å². The molecule has 1 aliphatic rings. The number of fused-ring (bicyclic) bond motifs is 1. The molecule has 19 heavy (non-hydrogen) atoms. The Bertz CT molecular complexity index is 498. The number of benzene rings is 1. The summed E-state index contributed by atoms with van der Waals surface area (Å²) in [5.74, 6) is 1.72. The molecule has 0 heterocycles. The maximum absolute atomic E-state index is 12.6. The molecule has 0 aromatic heterocycles. The lowest BCUT2D eigenvalue weighted by atomic mass is 9.88. The summed E-state index contributed by atoms with van der Waals surface area (Å²) in [6.45, 7) is 4.45. The van der Waals surface area contributed by atoms with Gasteiger partial charge in [0.2, 0.25) is 0 Å². The molecule has 0 unspecified atom stereocenters. The van der Waals surface area contributed by atoms with E-state index in [0.29, 0.717) is 13.2 Å². The highest BCUT2D eigenvalue weighted by atomic mass is 31.2. The Morgan fingerprint density at radius 2 is 1.84 bits per heavy atom. The Balaban J connectivity index is 2.35. The highest BCUT2D eigenvalue weighted by molar-refractivity contribution is 7.57. The first-order valence-corrected chi connectivity index (χ1v) is 8.48. The average molecular weight is 280 g/mol. The standard InChI is InChI=1S/C15H21O3P/c1-3-17-19(16,18-4-2)12-14-10-7-9-13-8-5-6-11-15(13)14/h5-6,8,11-12H,3-4,7,9-10H2,1-2H3/b14-12+. The molecule has 2 rings (SSSR count). The molecule has 0 N–H and O–H groups in total. The van der Waals surface area contributed by atoms with E-state index in [1.54, 1.807) is 5.82 Å². The summed E-state index contributed by atoms with van der Waals surface area (Å²) in [5.41, 5.74) is 3.60. The van der Waals surface area contributed by atoms with Gasteiger partial charge in [-0.05, 0) is 49.8 Å². The molecule has 0 fully saturated rings. The van der Waals surface area contributed by atoms with Crippen LogP contribution in [0.25, 0.3) is 5.57 Å². The van der Waals surface area contributed by atoms with Crippen molar-refractivity contribution in [3.63, 3.8) is 0 Å². The fourth-order valence-corrected chi connectivity index (χ4v) is 4.05. The van der Waals surface area contributed by atoms with Crippen molar-refractivity contribution in [3.8, 4) is 0 Å². The van der Waals surface area contributed by atoms with Crippen LogP contribution in [0, 0.1) is 0 Å². The Kier molecular flexibility index (Phi) is 4.98. The summed E-state index contributed by atoms with van der Waals surface area (Å²) in [6.07, 6.45) is 3.10. The predicted octanol–water partition coefficient (Wildman–Crippen LogP) is 4.63. The molecule has 0 saturated carbocycles. The molecule has 4 heteroatoms. The summed E-state index contributed by atoms with van der Waals surface area (Å²) >= 11 is 0. The highest BCUT2D eigenvalue weighted by Crippen LogP contribution is 2.52. The van der Waals surface area contributed by atoms with Crippen LogP contribution in [-0.4, -0.2) is 13.2 Å². The molecule has 0 radical (unpaired) electrons. The van der Waals surface area contributed by atoms with Crippen molar-refractivity contribution < 1.29 is 13.6 Å². The maximum atomic E-state index is 12.6. The molecule has 0 spiro atoms. The third-order valence-electron chi connectivity index (χ3n) is 3.19. The molecule has 0 amide bonds. The summed E-state index contributed by atoms with van der Waals surface area (Å²) in [7, 11) is -3.11. The quantitative estimate of drug-likeness (QED) is 0.738. The Morgan fingerprint density at radius 3 is 2.53 bits per heavy atom. The van der Waals surface area contributed by atoms with Crippen molar-refractivity contribution in [1.82, 2.24) is 0 Å². The summed E-state index contributed by atoms with van der Waals surface area (Å²) in [4.78, 5) is 0. The van der Waals surface area contributed by atoms with Crippen molar-refractivity contribution in [3.05, 3.63) is 41.2 Å². The summed E-state index contributed by atoms with van der Waals surface area (Å²) in [5, 5.41) is 0. The van der Waals surface area contributed by atoms with E-state index in [0.717, 1.165) is 24.8 Å². The van der Waals surface area contributed by atoms with E-state index < -0.39 is 7.60 Å². The monoisotopic (exact) mass is 280 g/mol. The topological polar surface area (TPSA) is 35.5 Å². The van der Waals surface area contributed by atoms with Crippen LogP contribution in [0.4, 0.5) is 0 Å². The van der Waals surface area contributed by atoms with Crippen molar-refractivity contribution in [2.24, 2.45) is 0 Å². The van der Waals surface area contributed by atoms with Gasteiger partial charge in [-0.2, -0.15) is 0 Å². The predicted molar refractivity (Wildman–Crippen MR) is 78.2 cm³/mol. The second kappa shape index (κ2) is 6.51. The SMILES string of the molecule is CCOP(=O)(/C=C1\CCCc2ccccc21)OCC. The van der Waals surface area contributed by atoms with Crippen LogP contribution >= 0.6 is 7.60 Å². The van der Waals surface area contributed by atoms with E-state index in [2.05, 4.69) is 12.1 Å². The molecular weight excluding hydrogens is 259 g/mol. The van der Waals surface area contributed by atoms with Gasteiger partial charge in [0.15, 0.2) is 0 Å². The average Bonchev–Trinajstić information content (AvgIpc) is 2.39. The van der Waals surface area contributed by atoms with Gasteiger partial charge in [-0.3, -0.25) is 4.57 Å². The van der Waals surface area contributed by atoms with Gasteiger partial charge in [-0.15, -0.1) is 0 Å². The van der Waals surface area contributed by atoms with Crippen molar-refractivity contribution in [2.75, 3.05) is 13.2 Å². The van der Waals surface area contributed by atoms with Crippen LogP contribution in [0.15, 0.2) is 30.1 Å². The minimum atomic E-state index is -3.11. The lowest BCUT2D eigenvalue weighted by molar-refractivity contribution is 0.229. The smallest absolute Gasteiger partial charge is 0.306 e. The van der Waals surface area contributed by atoms with E-state index >= 15 is 0 Å². The molecule has 1 aliphatic carbocycles. The fraction of sp³-hybridized carbons (Fsp3) is 0.467. The number of hydrogen-bond donors (Lipinski definition) is 0. The zero-order valence-corrected chi connectivity index (χ0v) is 12.5. The van der Waals surface area contributed by atoms with Crippen molar-refractivity contribution in [1.29, 1.82) is 0 Å². The van der Waals surface area contributed by atoms with Crippen LogP contribution in [-0.2, 0) is 20.0 Å². The normalized spacial score (nSPS) is 17.5. The second-order valence-corrected chi connectivity index (χ2v) is 6.39. The van der Waals surface area contributed by atoms with Crippen molar-refractivity contribution in [2.45, 2.75) is 33.1 Å². The molecule has 1 aromatic rings. The number of allylic oxidation sites excluding steroid dienone is 1. The Labute approximate surface area is 115 Å². The Hall–Kier alpha value is -0.890. The molecule has 1 aromatic carbocycles. The van der Waals surface area contributed by atoms with Gasteiger partial charge in [-0.25, -0.2) is 0 Å². The zero-order valence-electron chi connectivity index (χ0n) is 11.6. The molecule has 0 saturated heterocycles. The summed E-state index contributed by atoms with van der Waals surface area (Å²) < 4.78 is 23.3. The molecule has 0 bridgehead atoms. The third kappa shape index (κ3) is 3.56. The van der Waals surface area contributed by atoms with E-state index in [1.807, 2.05) is 26.0 Å². The number of hydrogen-bond acceptors (Lipinski definition) is 3. The van der Waals surface area contributed by atoms with Crippen LogP contribution in [0.2, 0.25) is 0 Å². The van der Waals surface area contributed by atoms with Crippen LogP contribution < -0.4 is 0 Å². The van der Waals surface area contributed by atoms with Gasteiger partial charge in [0.25, 0.3) is 0 Å². The van der Waals surface area contributed by atoms with Gasteiger partial charge in [0, 0.05) is 5.82 Å². The first-order chi connectivity index (χ1) is 9.18. The number of rotatable bonds is 5. The minimum Gasteiger partial charge on any atom is -0.306 e. The summed E-state index contributed by atoms with van der Waals surface area (Å²) in [6, 6.07) is 8.29. The lowest BCUT2D eigenvalue weighted by Crippen LogP contribution is -2.02. The fourth-order valence-electron chi connectivity index (χ4n) is 2.45. The second-order valence-electron chi connectivity index (χ2n) is 4.54. The first kappa shape index (κ1) is 14.5.